The lowest BCUT2D eigenvalue weighted by atomic mass is 9.81. The van der Waals surface area contributed by atoms with Crippen molar-refractivity contribution in [3.05, 3.63) is 0 Å². The summed E-state index contributed by atoms with van der Waals surface area (Å²) in [6, 6.07) is 0.163. The summed E-state index contributed by atoms with van der Waals surface area (Å²) in [6.07, 6.45) is 7.01. The fourth-order valence-electron chi connectivity index (χ4n) is 2.60. The first kappa shape index (κ1) is 14.3. The van der Waals surface area contributed by atoms with Gasteiger partial charge < -0.3 is 21.4 Å². The van der Waals surface area contributed by atoms with E-state index in [0.717, 1.165) is 32.1 Å². The molecule has 5 heteroatoms. The van der Waals surface area contributed by atoms with E-state index in [9.17, 15) is 5.11 Å². The van der Waals surface area contributed by atoms with Crippen molar-refractivity contribution < 1.29 is 10.3 Å². The summed E-state index contributed by atoms with van der Waals surface area (Å²) in [4.78, 5) is 0. The Balaban J connectivity index is 2.57. The Morgan fingerprint density at radius 3 is 2.53 bits per heavy atom. The number of aliphatic hydroxyl groups excluding tert-OH is 1. The van der Waals surface area contributed by atoms with E-state index in [4.69, 9.17) is 10.9 Å². The Bertz CT molecular complexity index is 250. The van der Waals surface area contributed by atoms with E-state index in [0.29, 0.717) is 6.42 Å². The summed E-state index contributed by atoms with van der Waals surface area (Å²) in [7, 11) is 0. The third kappa shape index (κ3) is 4.16. The Labute approximate surface area is 103 Å². The number of rotatable bonds is 6. The molecule has 0 aromatic heterocycles. The highest BCUT2D eigenvalue weighted by atomic mass is 16.4. The molecule has 0 amide bonds. The second-order valence-electron chi connectivity index (χ2n) is 5.04. The molecule has 0 bridgehead atoms. The van der Waals surface area contributed by atoms with Crippen LogP contribution in [0.5, 0.6) is 0 Å². The van der Waals surface area contributed by atoms with Crippen LogP contribution in [0.15, 0.2) is 5.16 Å². The normalized spacial score (nSPS) is 22.4. The first-order valence-corrected chi connectivity index (χ1v) is 6.51. The summed E-state index contributed by atoms with van der Waals surface area (Å²) in [5.74, 6) is 0.244. The number of amidine groups is 1. The minimum atomic E-state index is -0.158. The van der Waals surface area contributed by atoms with Gasteiger partial charge in [-0.25, -0.2) is 0 Å². The number of nitrogens with zero attached hydrogens (tertiary/aromatic N) is 1. The maximum absolute atomic E-state index is 9.60. The van der Waals surface area contributed by atoms with Gasteiger partial charge in [0, 0.05) is 18.0 Å². The Kier molecular flexibility index (Phi) is 5.71. The van der Waals surface area contributed by atoms with Gasteiger partial charge in [0.05, 0.1) is 6.61 Å². The van der Waals surface area contributed by atoms with Gasteiger partial charge in [-0.2, -0.15) is 0 Å². The zero-order valence-electron chi connectivity index (χ0n) is 10.7. The molecule has 0 aromatic rings. The highest BCUT2D eigenvalue weighted by Gasteiger charge is 2.32. The molecule has 0 spiro atoms. The average Bonchev–Trinajstić information content (AvgIpc) is 2.38. The molecule has 1 fully saturated rings. The first-order chi connectivity index (χ1) is 8.15. The molecule has 5 N–H and O–H groups in total. The zero-order chi connectivity index (χ0) is 12.7. The Hall–Kier alpha value is -0.810. The fraction of sp³-hybridized carbons (Fsp3) is 0.917. The topological polar surface area (TPSA) is 90.9 Å². The van der Waals surface area contributed by atoms with Gasteiger partial charge in [-0.05, 0) is 19.3 Å². The zero-order valence-corrected chi connectivity index (χ0v) is 10.7. The van der Waals surface area contributed by atoms with Gasteiger partial charge >= 0.3 is 0 Å². The van der Waals surface area contributed by atoms with Gasteiger partial charge in [0.1, 0.15) is 5.84 Å². The van der Waals surface area contributed by atoms with Crippen LogP contribution in [0.4, 0.5) is 0 Å². The van der Waals surface area contributed by atoms with E-state index in [1.54, 1.807) is 0 Å². The number of nitrogens with two attached hydrogens (primary N) is 1. The molecule has 1 aliphatic carbocycles. The van der Waals surface area contributed by atoms with Crippen molar-refractivity contribution in [2.75, 3.05) is 6.61 Å². The number of hydrogen-bond acceptors (Lipinski definition) is 4. The summed E-state index contributed by atoms with van der Waals surface area (Å²) < 4.78 is 0. The van der Waals surface area contributed by atoms with Gasteiger partial charge in [0.25, 0.3) is 0 Å². The second-order valence-corrected chi connectivity index (χ2v) is 5.04. The quantitative estimate of drug-likeness (QED) is 0.244. The minimum absolute atomic E-state index is 0.158. The number of aliphatic hydroxyl groups is 1. The van der Waals surface area contributed by atoms with Crippen LogP contribution in [-0.4, -0.2) is 34.3 Å². The molecule has 5 nitrogen and oxygen atoms in total. The third-order valence-electron chi connectivity index (χ3n) is 3.70. The van der Waals surface area contributed by atoms with Gasteiger partial charge in [-0.3, -0.25) is 0 Å². The molecule has 0 aromatic carbocycles. The Morgan fingerprint density at radius 1 is 1.41 bits per heavy atom. The van der Waals surface area contributed by atoms with Crippen molar-refractivity contribution in [3.8, 4) is 0 Å². The standard InChI is InChI=1S/C12H25N3O2/c1-2-10(8-11(13)15-17)14-12(9-16)6-4-3-5-7-12/h10,14,16-17H,2-9H2,1H3,(H2,13,15). The molecule has 17 heavy (non-hydrogen) atoms. The molecule has 1 atom stereocenters. The lowest BCUT2D eigenvalue weighted by Gasteiger charge is -2.39. The van der Waals surface area contributed by atoms with E-state index in [1.807, 2.05) is 0 Å². The van der Waals surface area contributed by atoms with Gasteiger partial charge in [-0.1, -0.05) is 31.3 Å². The van der Waals surface area contributed by atoms with Crippen LogP contribution in [-0.2, 0) is 0 Å². The molecule has 1 saturated carbocycles. The van der Waals surface area contributed by atoms with Crippen molar-refractivity contribution in [2.45, 2.75) is 63.5 Å². The molecule has 1 rings (SSSR count). The van der Waals surface area contributed by atoms with E-state index in [1.165, 1.54) is 6.42 Å². The van der Waals surface area contributed by atoms with Crippen molar-refractivity contribution in [1.29, 1.82) is 0 Å². The van der Waals surface area contributed by atoms with Gasteiger partial charge in [-0.15, -0.1) is 0 Å². The molecular formula is C12H25N3O2. The van der Waals surface area contributed by atoms with E-state index >= 15 is 0 Å². The molecule has 1 unspecified atom stereocenters. The monoisotopic (exact) mass is 243 g/mol. The highest BCUT2D eigenvalue weighted by Crippen LogP contribution is 2.28. The molecule has 0 aliphatic heterocycles. The van der Waals surface area contributed by atoms with Crippen LogP contribution in [0, 0.1) is 0 Å². The first-order valence-electron chi connectivity index (χ1n) is 6.51. The largest absolute Gasteiger partial charge is 0.409 e. The molecular weight excluding hydrogens is 218 g/mol. The third-order valence-corrected chi connectivity index (χ3v) is 3.70. The minimum Gasteiger partial charge on any atom is -0.409 e. The number of oxime groups is 1. The predicted octanol–water partition coefficient (Wildman–Crippen LogP) is 1.19. The van der Waals surface area contributed by atoms with Crippen molar-refractivity contribution in [2.24, 2.45) is 10.9 Å². The van der Waals surface area contributed by atoms with Gasteiger partial charge in [0.2, 0.25) is 0 Å². The van der Waals surface area contributed by atoms with E-state index in [2.05, 4.69) is 17.4 Å². The van der Waals surface area contributed by atoms with Crippen LogP contribution in [0.25, 0.3) is 0 Å². The lowest BCUT2D eigenvalue weighted by Crippen LogP contribution is -2.54. The van der Waals surface area contributed by atoms with E-state index in [-0.39, 0.29) is 24.0 Å². The van der Waals surface area contributed by atoms with Crippen LogP contribution in [0.1, 0.15) is 51.9 Å². The smallest absolute Gasteiger partial charge is 0.140 e. The summed E-state index contributed by atoms with van der Waals surface area (Å²) in [5.41, 5.74) is 5.38. The maximum atomic E-state index is 9.60. The van der Waals surface area contributed by atoms with Crippen LogP contribution >= 0.6 is 0 Å². The van der Waals surface area contributed by atoms with Crippen molar-refractivity contribution >= 4 is 5.84 Å². The number of hydrogen-bond donors (Lipinski definition) is 4. The molecule has 0 saturated heterocycles. The highest BCUT2D eigenvalue weighted by molar-refractivity contribution is 5.80. The number of nitrogens with one attached hydrogen (secondary N) is 1. The van der Waals surface area contributed by atoms with Crippen molar-refractivity contribution in [1.82, 2.24) is 5.32 Å². The molecule has 0 radical (unpaired) electrons. The molecule has 0 heterocycles. The van der Waals surface area contributed by atoms with E-state index < -0.39 is 0 Å². The van der Waals surface area contributed by atoms with Crippen molar-refractivity contribution in [3.63, 3.8) is 0 Å². The summed E-state index contributed by atoms with van der Waals surface area (Å²) in [5, 5.41) is 24.7. The summed E-state index contributed by atoms with van der Waals surface area (Å²) >= 11 is 0. The second kappa shape index (κ2) is 6.81. The average molecular weight is 243 g/mol. The maximum Gasteiger partial charge on any atom is 0.140 e. The van der Waals surface area contributed by atoms with Crippen LogP contribution in [0.3, 0.4) is 0 Å². The SMILES string of the molecule is CCC(CC(N)=NO)NC1(CO)CCCCC1. The Morgan fingerprint density at radius 2 is 2.06 bits per heavy atom. The van der Waals surface area contributed by atoms with Crippen LogP contribution < -0.4 is 11.1 Å². The van der Waals surface area contributed by atoms with Crippen LogP contribution in [0.2, 0.25) is 0 Å². The summed E-state index contributed by atoms with van der Waals surface area (Å²) in [6.45, 7) is 2.23. The lowest BCUT2D eigenvalue weighted by molar-refractivity contribution is 0.108. The molecule has 100 valence electrons. The van der Waals surface area contributed by atoms with Gasteiger partial charge in [0.15, 0.2) is 0 Å². The fourth-order valence-corrected chi connectivity index (χ4v) is 2.60. The molecule has 1 aliphatic rings. The predicted molar refractivity (Wildman–Crippen MR) is 68.1 cm³/mol.